The predicted octanol–water partition coefficient (Wildman–Crippen LogP) is 2.69. The van der Waals surface area contributed by atoms with Crippen LogP contribution >= 0.6 is 11.8 Å². The Hall–Kier alpha value is -0.240. The lowest BCUT2D eigenvalue weighted by atomic mass is 10.5. The molecule has 0 spiro atoms. The van der Waals surface area contributed by atoms with Crippen LogP contribution in [0, 0.1) is 0 Å². The molecule has 1 nitrogen and oxygen atoms in total. The van der Waals surface area contributed by atoms with E-state index in [4.69, 9.17) is 0 Å². The van der Waals surface area contributed by atoms with Crippen molar-refractivity contribution in [3.05, 3.63) is 11.8 Å². The van der Waals surface area contributed by atoms with Gasteiger partial charge in [0, 0.05) is 5.70 Å². The van der Waals surface area contributed by atoms with Crippen LogP contribution in [0.5, 0.6) is 0 Å². The van der Waals surface area contributed by atoms with Crippen molar-refractivity contribution in [3.63, 3.8) is 0 Å². The van der Waals surface area contributed by atoms with E-state index in [1.54, 1.807) is 11.8 Å². The van der Waals surface area contributed by atoms with Gasteiger partial charge in [0.05, 0.1) is 5.04 Å². The number of nitrogens with zero attached hydrogens (tertiary/aromatic N) is 1. The second-order valence-corrected chi connectivity index (χ2v) is 2.76. The molecule has 52 valence electrons. The van der Waals surface area contributed by atoms with Gasteiger partial charge in [0.25, 0.3) is 0 Å². The van der Waals surface area contributed by atoms with Gasteiger partial charge < -0.3 is 0 Å². The summed E-state index contributed by atoms with van der Waals surface area (Å²) in [6, 6.07) is 0. The maximum absolute atomic E-state index is 4.25. The van der Waals surface area contributed by atoms with E-state index >= 15 is 0 Å². The first-order valence-corrected chi connectivity index (χ1v) is 4.15. The molecule has 0 aliphatic carbocycles. The molecule has 0 unspecified atom stereocenters. The van der Waals surface area contributed by atoms with E-state index in [2.05, 4.69) is 4.99 Å². The summed E-state index contributed by atoms with van der Waals surface area (Å²) < 4.78 is 0. The highest BCUT2D eigenvalue weighted by Gasteiger charge is 1.84. The summed E-state index contributed by atoms with van der Waals surface area (Å²) in [6.45, 7) is 6.00. The zero-order valence-corrected chi connectivity index (χ0v) is 7.25. The first-order chi connectivity index (χ1) is 4.20. The average molecular weight is 143 g/mol. The van der Waals surface area contributed by atoms with Crippen molar-refractivity contribution in [2.45, 2.75) is 20.8 Å². The molecule has 0 N–H and O–H groups in total. The van der Waals surface area contributed by atoms with Crippen LogP contribution in [-0.4, -0.2) is 11.3 Å². The van der Waals surface area contributed by atoms with Crippen molar-refractivity contribution >= 4 is 16.8 Å². The number of aliphatic imine (C=N–C) groups is 1. The lowest BCUT2D eigenvalue weighted by Crippen LogP contribution is -1.80. The molecule has 0 amide bonds. The summed E-state index contributed by atoms with van der Waals surface area (Å²) >= 11 is 1.68. The quantitative estimate of drug-likeness (QED) is 0.406. The van der Waals surface area contributed by atoms with Crippen molar-refractivity contribution < 1.29 is 0 Å². The van der Waals surface area contributed by atoms with Gasteiger partial charge in [-0.15, -0.1) is 11.8 Å². The highest BCUT2D eigenvalue weighted by molar-refractivity contribution is 8.13. The highest BCUT2D eigenvalue weighted by Crippen LogP contribution is 2.02. The Morgan fingerprint density at radius 3 is 2.33 bits per heavy atom. The first-order valence-electron chi connectivity index (χ1n) is 2.93. The largest absolute Gasteiger partial charge is 0.252 e. The Labute approximate surface area is 61.3 Å². The second-order valence-electron chi connectivity index (χ2n) is 1.77. The second kappa shape index (κ2) is 4.62. The van der Waals surface area contributed by atoms with Crippen LogP contribution in [0.3, 0.4) is 0 Å². The number of hydrogen-bond donors (Lipinski definition) is 0. The summed E-state index contributed by atoms with van der Waals surface area (Å²) in [5.74, 6) is 0. The third kappa shape index (κ3) is 4.28. The zero-order valence-electron chi connectivity index (χ0n) is 6.43. The minimum Gasteiger partial charge on any atom is -0.252 e. The summed E-state index contributed by atoms with van der Waals surface area (Å²) in [6.07, 6.45) is 4.03. The third-order valence-corrected chi connectivity index (χ3v) is 1.73. The lowest BCUT2D eigenvalue weighted by molar-refractivity contribution is 1.29. The molecule has 0 saturated heterocycles. The average Bonchev–Trinajstić information content (AvgIpc) is 1.87. The van der Waals surface area contributed by atoms with E-state index in [1.807, 2.05) is 33.1 Å². The first kappa shape index (κ1) is 8.76. The summed E-state index contributed by atoms with van der Waals surface area (Å²) in [5.41, 5.74) is 1.09. The van der Waals surface area contributed by atoms with E-state index in [0.29, 0.717) is 0 Å². The van der Waals surface area contributed by atoms with Crippen LogP contribution in [0.4, 0.5) is 0 Å². The van der Waals surface area contributed by atoms with Gasteiger partial charge >= 0.3 is 0 Å². The van der Waals surface area contributed by atoms with Crippen LogP contribution < -0.4 is 0 Å². The fraction of sp³-hybridized carbons (Fsp3) is 0.571. The number of rotatable bonds is 1. The molecular formula is C7H13NS. The van der Waals surface area contributed by atoms with Gasteiger partial charge in [-0.1, -0.05) is 6.08 Å². The molecule has 0 bridgehead atoms. The SMILES string of the molecule is C/C=C(/C)N=C(C)SC. The molecule has 0 rings (SSSR count). The Balaban J connectivity index is 3.95. The van der Waals surface area contributed by atoms with E-state index in [-0.39, 0.29) is 0 Å². The number of allylic oxidation sites excluding steroid dienone is 2. The monoisotopic (exact) mass is 143 g/mol. The molecular weight excluding hydrogens is 130 g/mol. The van der Waals surface area contributed by atoms with Crippen LogP contribution in [-0.2, 0) is 0 Å². The van der Waals surface area contributed by atoms with Crippen LogP contribution in [0.1, 0.15) is 20.8 Å². The van der Waals surface area contributed by atoms with Crippen LogP contribution in [0.25, 0.3) is 0 Å². The van der Waals surface area contributed by atoms with E-state index in [0.717, 1.165) is 10.7 Å². The Bertz CT molecular complexity index is 136. The smallest absolute Gasteiger partial charge is 0.0700 e. The maximum atomic E-state index is 4.25. The molecule has 0 aromatic rings. The van der Waals surface area contributed by atoms with Gasteiger partial charge in [0.2, 0.25) is 0 Å². The van der Waals surface area contributed by atoms with Crippen molar-refractivity contribution in [1.82, 2.24) is 0 Å². The minimum atomic E-state index is 1.09. The molecule has 2 heteroatoms. The lowest BCUT2D eigenvalue weighted by Gasteiger charge is -1.92. The van der Waals surface area contributed by atoms with Crippen molar-refractivity contribution in [2.24, 2.45) is 4.99 Å². The molecule has 0 saturated carbocycles. The summed E-state index contributed by atoms with van der Waals surface area (Å²) in [7, 11) is 0. The van der Waals surface area contributed by atoms with Crippen molar-refractivity contribution in [3.8, 4) is 0 Å². The normalized spacial score (nSPS) is 14.2. The Morgan fingerprint density at radius 1 is 1.44 bits per heavy atom. The molecule has 0 aromatic carbocycles. The topological polar surface area (TPSA) is 12.4 Å². The molecule has 9 heavy (non-hydrogen) atoms. The number of hydrogen-bond acceptors (Lipinski definition) is 2. The van der Waals surface area contributed by atoms with Gasteiger partial charge in [-0.2, -0.15) is 0 Å². The molecule has 0 heterocycles. The molecule has 0 radical (unpaired) electrons. The third-order valence-electron chi connectivity index (χ3n) is 1.05. The Kier molecular flexibility index (Phi) is 4.50. The van der Waals surface area contributed by atoms with Crippen LogP contribution in [0.2, 0.25) is 0 Å². The fourth-order valence-electron chi connectivity index (χ4n) is 0.359. The molecule has 0 fully saturated rings. The van der Waals surface area contributed by atoms with E-state index in [9.17, 15) is 0 Å². The maximum Gasteiger partial charge on any atom is 0.0700 e. The van der Waals surface area contributed by atoms with Crippen molar-refractivity contribution in [1.29, 1.82) is 0 Å². The van der Waals surface area contributed by atoms with Gasteiger partial charge in [-0.3, -0.25) is 4.99 Å². The predicted molar refractivity (Wildman–Crippen MR) is 46.1 cm³/mol. The highest BCUT2D eigenvalue weighted by atomic mass is 32.2. The van der Waals surface area contributed by atoms with Gasteiger partial charge in [-0.05, 0) is 27.0 Å². The number of thioether (sulfide) groups is 1. The standard InChI is InChI=1S/C7H13NS/c1-5-6(2)8-7(3)9-4/h5H,1-4H3/b6-5-,8-7?. The molecule has 0 atom stereocenters. The van der Waals surface area contributed by atoms with Crippen molar-refractivity contribution in [2.75, 3.05) is 6.26 Å². The zero-order chi connectivity index (χ0) is 7.28. The van der Waals surface area contributed by atoms with E-state index in [1.165, 1.54) is 0 Å². The summed E-state index contributed by atoms with van der Waals surface area (Å²) in [5, 5.41) is 1.12. The van der Waals surface area contributed by atoms with Crippen LogP contribution in [0.15, 0.2) is 16.8 Å². The summed E-state index contributed by atoms with van der Waals surface area (Å²) in [4.78, 5) is 4.25. The Morgan fingerprint density at radius 2 is 2.00 bits per heavy atom. The van der Waals surface area contributed by atoms with Gasteiger partial charge in [0.15, 0.2) is 0 Å². The van der Waals surface area contributed by atoms with Gasteiger partial charge in [-0.25, -0.2) is 0 Å². The van der Waals surface area contributed by atoms with Gasteiger partial charge in [0.1, 0.15) is 0 Å². The van der Waals surface area contributed by atoms with E-state index < -0.39 is 0 Å². The molecule has 0 aliphatic rings. The molecule has 0 aliphatic heterocycles. The minimum absolute atomic E-state index is 1.09. The fourth-order valence-corrected chi connectivity index (χ4v) is 0.594. The molecule has 0 aromatic heterocycles.